The van der Waals surface area contributed by atoms with Crippen molar-refractivity contribution in [1.82, 2.24) is 9.88 Å². The van der Waals surface area contributed by atoms with Gasteiger partial charge in [-0.3, -0.25) is 4.79 Å². The van der Waals surface area contributed by atoms with Gasteiger partial charge in [0.15, 0.2) is 0 Å². The standard InChI is InChI=1S/C18H22N2O2S/c1-14-5-7-16(8-6-14)22-12-17-19-15(13-23-17)11-18(21)20-9-3-2-4-10-20/h5-8,13H,2-4,9-12H2,1H3. The number of amides is 1. The van der Waals surface area contributed by atoms with Crippen LogP contribution >= 0.6 is 11.3 Å². The number of piperidine rings is 1. The number of aryl methyl sites for hydroxylation is 1. The van der Waals surface area contributed by atoms with Crippen molar-refractivity contribution in [2.24, 2.45) is 0 Å². The lowest BCUT2D eigenvalue weighted by Crippen LogP contribution is -2.36. The summed E-state index contributed by atoms with van der Waals surface area (Å²) in [5, 5.41) is 2.88. The Kier molecular flexibility index (Phi) is 5.28. The average molecular weight is 330 g/mol. The van der Waals surface area contributed by atoms with Crippen LogP contribution in [0.25, 0.3) is 0 Å². The molecule has 23 heavy (non-hydrogen) atoms. The van der Waals surface area contributed by atoms with E-state index in [1.165, 1.54) is 12.0 Å². The summed E-state index contributed by atoms with van der Waals surface area (Å²) in [5.74, 6) is 1.04. The van der Waals surface area contributed by atoms with Gasteiger partial charge in [0.2, 0.25) is 5.91 Å². The molecule has 0 spiro atoms. The highest BCUT2D eigenvalue weighted by Crippen LogP contribution is 2.17. The van der Waals surface area contributed by atoms with E-state index in [1.54, 1.807) is 11.3 Å². The van der Waals surface area contributed by atoms with Crippen molar-refractivity contribution in [1.29, 1.82) is 0 Å². The summed E-state index contributed by atoms with van der Waals surface area (Å²) in [6.45, 7) is 4.29. The van der Waals surface area contributed by atoms with Crippen LogP contribution in [0.4, 0.5) is 0 Å². The summed E-state index contributed by atoms with van der Waals surface area (Å²) >= 11 is 1.55. The third-order valence-corrected chi connectivity index (χ3v) is 4.89. The maximum atomic E-state index is 12.2. The van der Waals surface area contributed by atoms with Crippen LogP contribution in [-0.2, 0) is 17.8 Å². The number of nitrogens with zero attached hydrogens (tertiary/aromatic N) is 2. The van der Waals surface area contributed by atoms with Gasteiger partial charge in [-0.05, 0) is 38.3 Å². The molecule has 0 aliphatic carbocycles. The molecule has 0 N–H and O–H groups in total. The predicted octanol–water partition coefficient (Wildman–Crippen LogP) is 3.59. The van der Waals surface area contributed by atoms with Crippen LogP contribution in [0.2, 0.25) is 0 Å². The number of carbonyl (C=O) groups is 1. The monoisotopic (exact) mass is 330 g/mol. The minimum Gasteiger partial charge on any atom is -0.486 e. The molecule has 2 aromatic rings. The van der Waals surface area contributed by atoms with Gasteiger partial charge in [-0.2, -0.15) is 0 Å². The Morgan fingerprint density at radius 2 is 1.96 bits per heavy atom. The van der Waals surface area contributed by atoms with Gasteiger partial charge >= 0.3 is 0 Å². The fourth-order valence-corrected chi connectivity index (χ4v) is 3.39. The molecule has 1 aromatic carbocycles. The van der Waals surface area contributed by atoms with Crippen molar-refractivity contribution < 1.29 is 9.53 Å². The van der Waals surface area contributed by atoms with E-state index in [0.29, 0.717) is 13.0 Å². The van der Waals surface area contributed by atoms with Crippen LogP contribution < -0.4 is 4.74 Å². The first-order chi connectivity index (χ1) is 11.2. The Bertz CT molecular complexity index is 645. The van der Waals surface area contributed by atoms with E-state index in [4.69, 9.17) is 4.74 Å². The highest BCUT2D eigenvalue weighted by molar-refractivity contribution is 7.09. The molecule has 2 heterocycles. The number of likely N-dealkylation sites (tertiary alicyclic amines) is 1. The number of rotatable bonds is 5. The van der Waals surface area contributed by atoms with Crippen LogP contribution in [-0.4, -0.2) is 28.9 Å². The first kappa shape index (κ1) is 16.0. The Morgan fingerprint density at radius 1 is 1.22 bits per heavy atom. The molecule has 1 aliphatic heterocycles. The molecule has 3 rings (SSSR count). The molecule has 0 bridgehead atoms. The number of ether oxygens (including phenoxy) is 1. The second kappa shape index (κ2) is 7.59. The van der Waals surface area contributed by atoms with Gasteiger partial charge in [0.25, 0.3) is 0 Å². The minimum absolute atomic E-state index is 0.195. The molecule has 122 valence electrons. The highest BCUT2D eigenvalue weighted by Gasteiger charge is 2.17. The summed E-state index contributed by atoms with van der Waals surface area (Å²) in [7, 11) is 0. The van der Waals surface area contributed by atoms with E-state index in [1.807, 2.05) is 34.5 Å². The molecule has 0 saturated carbocycles. The second-order valence-corrected chi connectivity index (χ2v) is 6.90. The lowest BCUT2D eigenvalue weighted by molar-refractivity contribution is -0.131. The average Bonchev–Trinajstić information content (AvgIpc) is 3.02. The minimum atomic E-state index is 0.195. The predicted molar refractivity (Wildman–Crippen MR) is 91.8 cm³/mol. The number of hydrogen-bond acceptors (Lipinski definition) is 4. The topological polar surface area (TPSA) is 42.4 Å². The van der Waals surface area contributed by atoms with Gasteiger partial charge in [-0.15, -0.1) is 11.3 Å². The van der Waals surface area contributed by atoms with Gasteiger partial charge in [0.05, 0.1) is 12.1 Å². The van der Waals surface area contributed by atoms with E-state index < -0.39 is 0 Å². The summed E-state index contributed by atoms with van der Waals surface area (Å²) in [4.78, 5) is 18.7. The molecular weight excluding hydrogens is 308 g/mol. The molecule has 4 nitrogen and oxygen atoms in total. The molecule has 1 saturated heterocycles. The highest BCUT2D eigenvalue weighted by atomic mass is 32.1. The zero-order valence-corrected chi connectivity index (χ0v) is 14.3. The van der Waals surface area contributed by atoms with Gasteiger partial charge in [0, 0.05) is 18.5 Å². The van der Waals surface area contributed by atoms with Gasteiger partial charge in [-0.1, -0.05) is 17.7 Å². The summed E-state index contributed by atoms with van der Waals surface area (Å²) in [6.07, 6.45) is 3.89. The maximum absolute atomic E-state index is 12.2. The summed E-state index contributed by atoms with van der Waals surface area (Å²) < 4.78 is 5.73. The van der Waals surface area contributed by atoms with E-state index in [0.717, 1.165) is 42.4 Å². The molecule has 0 atom stereocenters. The van der Waals surface area contributed by atoms with Crippen molar-refractivity contribution >= 4 is 17.2 Å². The van der Waals surface area contributed by atoms with E-state index in [2.05, 4.69) is 11.9 Å². The van der Waals surface area contributed by atoms with Crippen molar-refractivity contribution in [2.75, 3.05) is 13.1 Å². The normalized spacial score (nSPS) is 14.7. The van der Waals surface area contributed by atoms with Crippen molar-refractivity contribution in [3.63, 3.8) is 0 Å². The summed E-state index contributed by atoms with van der Waals surface area (Å²) in [5.41, 5.74) is 2.07. The number of benzene rings is 1. The van der Waals surface area contributed by atoms with Gasteiger partial charge < -0.3 is 9.64 Å². The zero-order valence-electron chi connectivity index (χ0n) is 13.5. The first-order valence-electron chi connectivity index (χ1n) is 8.11. The molecule has 1 amide bonds. The van der Waals surface area contributed by atoms with Crippen LogP contribution in [0.5, 0.6) is 5.75 Å². The van der Waals surface area contributed by atoms with Crippen LogP contribution in [0.3, 0.4) is 0 Å². The number of carbonyl (C=O) groups excluding carboxylic acids is 1. The molecule has 1 aromatic heterocycles. The van der Waals surface area contributed by atoms with E-state index in [9.17, 15) is 4.79 Å². The van der Waals surface area contributed by atoms with Crippen LogP contribution in [0.1, 0.15) is 35.5 Å². The smallest absolute Gasteiger partial charge is 0.228 e. The van der Waals surface area contributed by atoms with Gasteiger partial charge in [0.1, 0.15) is 17.4 Å². The van der Waals surface area contributed by atoms with E-state index >= 15 is 0 Å². The Labute approximate surface area is 141 Å². The van der Waals surface area contributed by atoms with Crippen molar-refractivity contribution in [3.05, 3.63) is 45.9 Å². The summed E-state index contributed by atoms with van der Waals surface area (Å²) in [6, 6.07) is 7.98. The van der Waals surface area contributed by atoms with E-state index in [-0.39, 0.29) is 5.91 Å². The number of thiazole rings is 1. The van der Waals surface area contributed by atoms with Gasteiger partial charge in [-0.25, -0.2) is 4.98 Å². The maximum Gasteiger partial charge on any atom is 0.228 e. The Balaban J connectivity index is 1.51. The molecule has 1 aliphatic rings. The SMILES string of the molecule is Cc1ccc(OCc2nc(CC(=O)N3CCCCC3)cs2)cc1. The lowest BCUT2D eigenvalue weighted by Gasteiger charge is -2.26. The molecule has 0 unspecified atom stereocenters. The Morgan fingerprint density at radius 3 is 2.70 bits per heavy atom. The Hall–Kier alpha value is -1.88. The third-order valence-electron chi connectivity index (χ3n) is 4.02. The second-order valence-electron chi connectivity index (χ2n) is 5.95. The molecule has 1 fully saturated rings. The molecule has 0 radical (unpaired) electrons. The van der Waals surface area contributed by atoms with Crippen molar-refractivity contribution in [2.45, 2.75) is 39.2 Å². The molecular formula is C18H22N2O2S. The number of aromatic nitrogens is 1. The first-order valence-corrected chi connectivity index (χ1v) is 8.99. The van der Waals surface area contributed by atoms with Crippen molar-refractivity contribution in [3.8, 4) is 5.75 Å². The van der Waals surface area contributed by atoms with Crippen LogP contribution in [0, 0.1) is 6.92 Å². The largest absolute Gasteiger partial charge is 0.486 e. The lowest BCUT2D eigenvalue weighted by atomic mass is 10.1. The fraction of sp³-hybridized carbons (Fsp3) is 0.444. The van der Waals surface area contributed by atoms with Crippen LogP contribution in [0.15, 0.2) is 29.6 Å². The molecule has 5 heteroatoms. The number of hydrogen-bond donors (Lipinski definition) is 0. The quantitative estimate of drug-likeness (QED) is 0.841. The zero-order chi connectivity index (χ0) is 16.1. The fourth-order valence-electron chi connectivity index (χ4n) is 2.69. The third kappa shape index (κ3) is 4.55.